The number of nitrogens with zero attached hydrogens (tertiary/aromatic N) is 5. The molecule has 2 unspecified atom stereocenters. The van der Waals surface area contributed by atoms with Crippen LogP contribution in [0.4, 0.5) is 34.1 Å². The highest BCUT2D eigenvalue weighted by Crippen LogP contribution is 2.56. The molecule has 7 nitrogen and oxygen atoms in total. The summed E-state index contributed by atoms with van der Waals surface area (Å²) in [7, 11) is -3.29. The Bertz CT molecular complexity index is 4840. The van der Waals surface area contributed by atoms with Gasteiger partial charge in [0.25, 0.3) is 6.71 Å². The molecule has 0 spiro atoms. The standard InChI is InChI=1S/C85H74BN5O2S2/c1-82(2,3)62-37-59(38-63(49-62)83(4,5)6)79-87-80(60-39-64(84(7,8)9)50-65(40-60)85(10,11)12)89-81(88-79)61-43-70-76-71(44-61)91-69-36-34-56(52-27-19-14-20-28-52)46-73(69)95(93)75-48-58(54-31-23-16-24-32-54)42-67(78(75)91)86(76)66-41-57(53-29-21-15-22-30-53)47-74-77(66)90(70)68-35-33-55(45-72(68)94(74)92)51-25-17-13-18-26-51/h13-50H,1-12H3. The van der Waals surface area contributed by atoms with Crippen LogP contribution >= 0.6 is 0 Å². The lowest BCUT2D eigenvalue weighted by Crippen LogP contribution is -2.62. The van der Waals surface area contributed by atoms with Crippen molar-refractivity contribution < 1.29 is 8.42 Å². The molecule has 0 aliphatic carbocycles. The monoisotopic (exact) mass is 1270 g/mol. The van der Waals surface area contributed by atoms with E-state index in [2.05, 4.69) is 299 Å². The van der Waals surface area contributed by atoms with Gasteiger partial charge >= 0.3 is 0 Å². The number of anilines is 6. The molecule has 10 heteroatoms. The third-order valence-electron chi connectivity index (χ3n) is 19.6. The molecular formula is C85H74BN5O2S2. The third-order valence-corrected chi connectivity index (χ3v) is 22.4. The zero-order valence-corrected chi connectivity index (χ0v) is 57.5. The van der Waals surface area contributed by atoms with Crippen molar-refractivity contribution in [1.29, 1.82) is 0 Å². The van der Waals surface area contributed by atoms with Gasteiger partial charge in [0.15, 0.2) is 17.5 Å². The number of hydrogen-bond donors (Lipinski definition) is 0. The molecule has 11 aromatic carbocycles. The maximum absolute atomic E-state index is 16.2. The van der Waals surface area contributed by atoms with Crippen LogP contribution in [0, 0.1) is 0 Å². The van der Waals surface area contributed by atoms with Gasteiger partial charge in [0.1, 0.15) is 0 Å². The minimum Gasteiger partial charge on any atom is -0.309 e. The number of rotatable bonds is 7. The first-order valence-electron chi connectivity index (χ1n) is 33.0. The van der Waals surface area contributed by atoms with Crippen LogP contribution in [0.1, 0.15) is 105 Å². The van der Waals surface area contributed by atoms with Gasteiger partial charge < -0.3 is 9.80 Å². The Kier molecular flexibility index (Phi) is 14.0. The predicted molar refractivity (Wildman–Crippen MR) is 396 cm³/mol. The summed E-state index contributed by atoms with van der Waals surface area (Å²) in [5, 5.41) is 0. The van der Waals surface area contributed by atoms with E-state index in [0.717, 1.165) is 131 Å². The number of fused-ring (bicyclic) bond motifs is 8. The molecular weight excluding hydrogens is 1200 g/mol. The fraction of sp³-hybridized carbons (Fsp3) is 0.188. The maximum Gasteiger partial charge on any atom is 0.252 e. The van der Waals surface area contributed by atoms with Crippen molar-refractivity contribution in [3.05, 3.63) is 253 Å². The molecule has 4 aliphatic rings. The molecule has 0 saturated carbocycles. The Morgan fingerprint density at radius 1 is 0.284 bits per heavy atom. The maximum atomic E-state index is 16.2. The van der Waals surface area contributed by atoms with Crippen LogP contribution in [0.25, 0.3) is 78.7 Å². The molecule has 5 heterocycles. The second kappa shape index (κ2) is 22.0. The molecule has 466 valence electrons. The van der Waals surface area contributed by atoms with E-state index in [1.54, 1.807) is 0 Å². The van der Waals surface area contributed by atoms with E-state index >= 15 is 8.42 Å². The summed E-state index contributed by atoms with van der Waals surface area (Å²) < 4.78 is 32.5. The lowest BCUT2D eigenvalue weighted by molar-refractivity contribution is 0.568. The number of hydrogen-bond acceptors (Lipinski definition) is 7. The molecule has 0 amide bonds. The van der Waals surface area contributed by atoms with Gasteiger partial charge in [-0.25, -0.2) is 23.4 Å². The van der Waals surface area contributed by atoms with E-state index in [9.17, 15) is 0 Å². The average Bonchev–Trinajstić information content (AvgIpc) is 0.675. The van der Waals surface area contributed by atoms with E-state index in [1.165, 1.54) is 22.3 Å². The van der Waals surface area contributed by atoms with Gasteiger partial charge in [0, 0.05) is 28.1 Å². The van der Waals surface area contributed by atoms with E-state index in [4.69, 9.17) is 15.0 Å². The van der Waals surface area contributed by atoms with Crippen molar-refractivity contribution in [2.45, 2.75) is 124 Å². The highest BCUT2D eigenvalue weighted by atomic mass is 32.2. The zero-order chi connectivity index (χ0) is 65.8. The van der Waals surface area contributed by atoms with E-state index in [1.807, 2.05) is 24.3 Å². The van der Waals surface area contributed by atoms with Crippen LogP contribution in [-0.2, 0) is 43.3 Å². The molecule has 95 heavy (non-hydrogen) atoms. The fourth-order valence-corrected chi connectivity index (χ4v) is 17.1. The first-order valence-corrected chi connectivity index (χ1v) is 35.3. The minimum atomic E-state index is -1.64. The van der Waals surface area contributed by atoms with Crippen LogP contribution in [0.3, 0.4) is 0 Å². The van der Waals surface area contributed by atoms with Crippen LogP contribution in [0.5, 0.6) is 0 Å². The van der Waals surface area contributed by atoms with Crippen molar-refractivity contribution >= 4 is 78.8 Å². The van der Waals surface area contributed by atoms with Crippen molar-refractivity contribution in [3.8, 4) is 78.7 Å². The smallest absolute Gasteiger partial charge is 0.252 e. The van der Waals surface area contributed by atoms with Crippen LogP contribution < -0.4 is 26.2 Å². The van der Waals surface area contributed by atoms with Gasteiger partial charge in [-0.05, 0) is 178 Å². The van der Waals surface area contributed by atoms with Gasteiger partial charge in [-0.2, -0.15) is 0 Å². The quantitative estimate of drug-likeness (QED) is 0.147. The van der Waals surface area contributed by atoms with Crippen molar-refractivity contribution in [2.24, 2.45) is 0 Å². The summed E-state index contributed by atoms with van der Waals surface area (Å²) in [5.41, 5.74) is 23.0. The van der Waals surface area contributed by atoms with E-state index < -0.39 is 28.3 Å². The second-order valence-corrected chi connectivity index (χ2v) is 33.0. The molecule has 4 aliphatic heterocycles. The largest absolute Gasteiger partial charge is 0.309 e. The SMILES string of the molecule is CC(C)(C)c1cc(-c2nc(-c3cc(C(C)(C)C)cc(C(C)(C)C)c3)nc(-c3cc4c5c(c3)N3c6ccc(-c7ccccc7)cc6S(=O)c6cc(-c7ccccc7)cc(c63)B5c3cc(-c5ccccc5)cc5c3N4c3ccc(-c4ccccc4)cc3S5=O)n2)cc(C(C)(C)C)c1. The van der Waals surface area contributed by atoms with Crippen molar-refractivity contribution in [3.63, 3.8) is 0 Å². The molecule has 0 bridgehead atoms. The van der Waals surface area contributed by atoms with Crippen molar-refractivity contribution in [1.82, 2.24) is 15.0 Å². The van der Waals surface area contributed by atoms with Gasteiger partial charge in [0.2, 0.25) is 0 Å². The van der Waals surface area contributed by atoms with Gasteiger partial charge in [-0.1, -0.05) is 241 Å². The summed E-state index contributed by atoms with van der Waals surface area (Å²) in [6.45, 7) is 26.8. The Morgan fingerprint density at radius 3 is 0.895 bits per heavy atom. The van der Waals surface area contributed by atoms with Crippen LogP contribution in [0.2, 0.25) is 0 Å². The Hall–Kier alpha value is -9.61. The Balaban J connectivity index is 1.05. The van der Waals surface area contributed by atoms with Gasteiger partial charge in [-0.3, -0.25) is 0 Å². The first kappa shape index (κ1) is 60.3. The molecule has 0 N–H and O–H groups in total. The lowest BCUT2D eigenvalue weighted by atomic mass is 9.33. The third kappa shape index (κ3) is 10.3. The molecule has 0 fully saturated rings. The summed E-state index contributed by atoms with van der Waals surface area (Å²) in [6, 6.07) is 82.0. The summed E-state index contributed by atoms with van der Waals surface area (Å²) >= 11 is 0. The van der Waals surface area contributed by atoms with Crippen molar-refractivity contribution in [2.75, 3.05) is 9.80 Å². The fourth-order valence-electron chi connectivity index (χ4n) is 14.3. The summed E-state index contributed by atoms with van der Waals surface area (Å²) in [4.78, 5) is 24.8. The normalized spacial score (nSPS) is 15.2. The molecule has 2 atom stereocenters. The molecule has 16 rings (SSSR count). The lowest BCUT2D eigenvalue weighted by Gasteiger charge is -2.48. The molecule has 12 aromatic rings. The van der Waals surface area contributed by atoms with Crippen LogP contribution in [0.15, 0.2) is 250 Å². The van der Waals surface area contributed by atoms with E-state index in [-0.39, 0.29) is 21.7 Å². The number of benzene rings is 11. The highest BCUT2D eigenvalue weighted by molar-refractivity contribution is 7.86. The molecule has 1 aromatic heterocycles. The Morgan fingerprint density at radius 2 is 0.579 bits per heavy atom. The average molecular weight is 1270 g/mol. The van der Waals surface area contributed by atoms with E-state index in [0.29, 0.717) is 17.5 Å². The van der Waals surface area contributed by atoms with Crippen LogP contribution in [-0.4, -0.2) is 30.1 Å². The first-order chi connectivity index (χ1) is 45.4. The summed E-state index contributed by atoms with van der Waals surface area (Å²) in [6.07, 6.45) is 0. The minimum absolute atomic E-state index is 0.185. The highest BCUT2D eigenvalue weighted by Gasteiger charge is 2.50. The summed E-state index contributed by atoms with van der Waals surface area (Å²) in [5.74, 6) is 1.66. The molecule has 0 radical (unpaired) electrons. The Labute approximate surface area is 564 Å². The predicted octanol–water partition coefficient (Wildman–Crippen LogP) is 19.8. The zero-order valence-electron chi connectivity index (χ0n) is 55.9. The second-order valence-electron chi connectivity index (χ2n) is 30.1. The van der Waals surface area contributed by atoms with Gasteiger partial charge in [-0.15, -0.1) is 0 Å². The topological polar surface area (TPSA) is 79.3 Å². The number of aromatic nitrogens is 3. The van der Waals surface area contributed by atoms with Gasteiger partial charge in [0.05, 0.1) is 63.9 Å². The molecule has 0 saturated heterocycles.